The summed E-state index contributed by atoms with van der Waals surface area (Å²) in [6, 6.07) is 7.47. The molecule has 210 valence electrons. The number of hydrogen-bond acceptors (Lipinski definition) is 5. The number of nitrogens with zero attached hydrogens (tertiary/aromatic N) is 2. The van der Waals surface area contributed by atoms with Crippen molar-refractivity contribution in [3.63, 3.8) is 0 Å². The monoisotopic (exact) mass is 537 g/mol. The van der Waals surface area contributed by atoms with Crippen LogP contribution in [0, 0.1) is 5.92 Å². The SMILES string of the molecule is COCCCC[C@@](O)(c1cccc(Cl)c1)[C@@H]1CCCN(C(=O)NCC(CC2(O)CCCCC2)N(C)C)C1. The molecule has 0 spiro atoms. The van der Waals surface area contributed by atoms with Crippen LogP contribution in [0.4, 0.5) is 4.79 Å². The lowest BCUT2D eigenvalue weighted by atomic mass is 9.74. The number of nitrogens with one attached hydrogen (secondary N) is 1. The van der Waals surface area contributed by atoms with Gasteiger partial charge in [0.05, 0.1) is 11.2 Å². The third-order valence-corrected chi connectivity index (χ3v) is 8.72. The van der Waals surface area contributed by atoms with Crippen LogP contribution in [0.5, 0.6) is 0 Å². The zero-order chi connectivity index (χ0) is 26.9. The Balaban J connectivity index is 1.65. The topological polar surface area (TPSA) is 85.3 Å². The van der Waals surface area contributed by atoms with E-state index in [1.807, 2.05) is 43.3 Å². The highest BCUT2D eigenvalue weighted by Gasteiger charge is 2.41. The van der Waals surface area contributed by atoms with Crippen molar-refractivity contribution in [1.82, 2.24) is 15.1 Å². The zero-order valence-electron chi connectivity index (χ0n) is 23.1. The van der Waals surface area contributed by atoms with Gasteiger partial charge in [-0.1, -0.05) is 43.0 Å². The summed E-state index contributed by atoms with van der Waals surface area (Å²) >= 11 is 6.30. The van der Waals surface area contributed by atoms with Gasteiger partial charge in [0.15, 0.2) is 0 Å². The molecule has 2 aliphatic rings. The highest BCUT2D eigenvalue weighted by Crippen LogP contribution is 2.40. The van der Waals surface area contributed by atoms with Crippen LogP contribution >= 0.6 is 11.6 Å². The average molecular weight is 538 g/mol. The second-order valence-electron chi connectivity index (χ2n) is 11.5. The maximum atomic E-state index is 13.3. The summed E-state index contributed by atoms with van der Waals surface area (Å²) < 4.78 is 5.21. The van der Waals surface area contributed by atoms with E-state index >= 15 is 0 Å². The van der Waals surface area contributed by atoms with Crippen LogP contribution in [0.2, 0.25) is 5.02 Å². The van der Waals surface area contributed by atoms with Crippen LogP contribution in [-0.2, 0) is 10.3 Å². The van der Waals surface area contributed by atoms with Gasteiger partial charge in [0.2, 0.25) is 0 Å². The van der Waals surface area contributed by atoms with Crippen molar-refractivity contribution in [2.45, 2.75) is 87.9 Å². The van der Waals surface area contributed by atoms with E-state index in [2.05, 4.69) is 10.2 Å². The molecule has 1 aromatic rings. The molecule has 0 aromatic heterocycles. The molecule has 7 nitrogen and oxygen atoms in total. The predicted octanol–water partition coefficient (Wildman–Crippen LogP) is 4.78. The lowest BCUT2D eigenvalue weighted by Crippen LogP contribution is -2.53. The van der Waals surface area contributed by atoms with Crippen LogP contribution in [0.1, 0.15) is 76.2 Å². The standard InChI is InChI=1S/C29H48ClN3O4/c1-32(2)26(20-28(35)14-5-4-6-15-28)21-31-27(34)33-17-10-12-24(22-33)29(36,16-7-8-18-37-3)23-11-9-13-25(30)19-23/h9,11,13,19,24,26,35-36H,4-8,10,12,14-18,20-22H2,1-3H3,(H,31,34)/t24-,26?,29-/m1/s1. The molecular weight excluding hydrogens is 490 g/mol. The number of carbonyl (C=O) groups is 1. The van der Waals surface area contributed by atoms with Crippen molar-refractivity contribution in [3.05, 3.63) is 34.9 Å². The smallest absolute Gasteiger partial charge is 0.317 e. The van der Waals surface area contributed by atoms with Crippen LogP contribution in [-0.4, -0.2) is 85.1 Å². The number of amides is 2. The lowest BCUT2D eigenvalue weighted by molar-refractivity contribution is -0.0564. The molecule has 1 heterocycles. The molecule has 3 N–H and O–H groups in total. The number of halogens is 1. The van der Waals surface area contributed by atoms with E-state index in [0.29, 0.717) is 44.1 Å². The van der Waals surface area contributed by atoms with E-state index in [4.69, 9.17) is 16.3 Å². The fourth-order valence-corrected chi connectivity index (χ4v) is 6.33. The third kappa shape index (κ3) is 8.56. The molecule has 37 heavy (non-hydrogen) atoms. The van der Waals surface area contributed by atoms with Gasteiger partial charge in [-0.25, -0.2) is 4.79 Å². The van der Waals surface area contributed by atoms with E-state index in [-0.39, 0.29) is 18.0 Å². The predicted molar refractivity (Wildman–Crippen MR) is 149 cm³/mol. The third-order valence-electron chi connectivity index (χ3n) is 8.48. The van der Waals surface area contributed by atoms with Gasteiger partial charge in [0, 0.05) is 50.3 Å². The molecular formula is C29H48ClN3O4. The summed E-state index contributed by atoms with van der Waals surface area (Å²) in [5.41, 5.74) is -0.878. The van der Waals surface area contributed by atoms with E-state index in [9.17, 15) is 15.0 Å². The molecule has 1 aliphatic heterocycles. The Bertz CT molecular complexity index is 848. The number of urea groups is 1. The van der Waals surface area contributed by atoms with Gasteiger partial charge in [-0.2, -0.15) is 0 Å². The minimum absolute atomic E-state index is 0.0665. The number of unbranched alkanes of at least 4 members (excludes halogenated alkanes) is 1. The first kappa shape index (κ1) is 30.2. The number of methoxy groups -OCH3 is 1. The first-order valence-corrected chi connectivity index (χ1v) is 14.4. The van der Waals surface area contributed by atoms with Crippen LogP contribution < -0.4 is 5.32 Å². The summed E-state index contributed by atoms with van der Waals surface area (Å²) in [5, 5.41) is 26.8. The van der Waals surface area contributed by atoms with Crippen molar-refractivity contribution in [1.29, 1.82) is 0 Å². The summed E-state index contributed by atoms with van der Waals surface area (Å²) in [6.45, 7) is 2.32. The molecule has 1 saturated carbocycles. The van der Waals surface area contributed by atoms with Gasteiger partial charge in [0.25, 0.3) is 0 Å². The largest absolute Gasteiger partial charge is 0.390 e. The molecule has 3 atom stereocenters. The van der Waals surface area contributed by atoms with Gasteiger partial charge in [0.1, 0.15) is 0 Å². The van der Waals surface area contributed by atoms with Crippen molar-refractivity contribution < 1.29 is 19.7 Å². The van der Waals surface area contributed by atoms with E-state index in [0.717, 1.165) is 56.9 Å². The Labute approximate surface area is 228 Å². The Kier molecular flexibility index (Phi) is 11.5. The Morgan fingerprint density at radius 3 is 2.70 bits per heavy atom. The molecule has 0 bridgehead atoms. The minimum atomic E-state index is -1.06. The number of aliphatic hydroxyl groups is 2. The maximum absolute atomic E-state index is 13.3. The first-order valence-electron chi connectivity index (χ1n) is 14.1. The van der Waals surface area contributed by atoms with Gasteiger partial charge in [-0.15, -0.1) is 0 Å². The average Bonchev–Trinajstić information content (AvgIpc) is 2.89. The first-order chi connectivity index (χ1) is 17.7. The van der Waals surface area contributed by atoms with E-state index in [1.54, 1.807) is 7.11 Å². The Hall–Kier alpha value is -1.38. The fourth-order valence-electron chi connectivity index (χ4n) is 6.14. The second kappa shape index (κ2) is 14.1. The Morgan fingerprint density at radius 2 is 2.03 bits per heavy atom. The summed E-state index contributed by atoms with van der Waals surface area (Å²) in [6.07, 6.45) is 9.66. The van der Waals surface area contributed by atoms with Crippen LogP contribution in [0.15, 0.2) is 24.3 Å². The molecule has 0 radical (unpaired) electrons. The number of benzene rings is 1. The van der Waals surface area contributed by atoms with Gasteiger partial charge in [-0.3, -0.25) is 0 Å². The van der Waals surface area contributed by atoms with Crippen molar-refractivity contribution >= 4 is 17.6 Å². The molecule has 3 rings (SSSR count). The molecule has 2 amide bonds. The summed E-state index contributed by atoms with van der Waals surface area (Å²) in [7, 11) is 5.71. The highest BCUT2D eigenvalue weighted by atomic mass is 35.5. The van der Waals surface area contributed by atoms with E-state index in [1.165, 1.54) is 6.42 Å². The molecule has 8 heteroatoms. The second-order valence-corrected chi connectivity index (χ2v) is 11.9. The van der Waals surface area contributed by atoms with Crippen molar-refractivity contribution in [3.8, 4) is 0 Å². The molecule has 1 saturated heterocycles. The normalized spacial score (nSPS) is 22.5. The summed E-state index contributed by atoms with van der Waals surface area (Å²) in [4.78, 5) is 17.2. The Morgan fingerprint density at radius 1 is 1.27 bits per heavy atom. The van der Waals surface area contributed by atoms with Crippen LogP contribution in [0.3, 0.4) is 0 Å². The number of carbonyl (C=O) groups excluding carboxylic acids is 1. The lowest BCUT2D eigenvalue weighted by Gasteiger charge is -2.43. The number of hydrogen-bond donors (Lipinski definition) is 3. The molecule has 2 fully saturated rings. The minimum Gasteiger partial charge on any atom is -0.390 e. The number of rotatable bonds is 12. The maximum Gasteiger partial charge on any atom is 0.317 e. The highest BCUT2D eigenvalue weighted by molar-refractivity contribution is 6.30. The molecule has 1 aromatic carbocycles. The van der Waals surface area contributed by atoms with E-state index < -0.39 is 11.2 Å². The van der Waals surface area contributed by atoms with Crippen LogP contribution in [0.25, 0.3) is 0 Å². The van der Waals surface area contributed by atoms with Gasteiger partial charge < -0.3 is 30.1 Å². The molecule has 1 aliphatic carbocycles. The zero-order valence-corrected chi connectivity index (χ0v) is 23.8. The molecule has 1 unspecified atom stereocenters. The summed E-state index contributed by atoms with van der Waals surface area (Å²) in [5.74, 6) is -0.0828. The van der Waals surface area contributed by atoms with Crippen molar-refractivity contribution in [2.24, 2.45) is 5.92 Å². The number of likely N-dealkylation sites (tertiary alicyclic amines) is 1. The quantitative estimate of drug-likeness (QED) is 0.334. The van der Waals surface area contributed by atoms with Gasteiger partial charge >= 0.3 is 6.03 Å². The number of likely N-dealkylation sites (N-methyl/N-ethyl adjacent to an activating group) is 1. The fraction of sp³-hybridized carbons (Fsp3) is 0.759. The van der Waals surface area contributed by atoms with Crippen molar-refractivity contribution in [2.75, 3.05) is 47.4 Å². The number of piperidine rings is 1. The number of ether oxygens (including phenoxy) is 1. The van der Waals surface area contributed by atoms with Gasteiger partial charge in [-0.05, 0) is 83.2 Å².